The minimum absolute atomic E-state index is 0.784. The lowest BCUT2D eigenvalue weighted by Crippen LogP contribution is -2.34. The first kappa shape index (κ1) is 12.5. The van der Waals surface area contributed by atoms with Gasteiger partial charge in [0.15, 0.2) is 5.96 Å². The summed E-state index contributed by atoms with van der Waals surface area (Å²) < 4.78 is 0. The fourth-order valence-electron chi connectivity index (χ4n) is 1.98. The Morgan fingerprint density at radius 2 is 1.89 bits per heavy atom. The van der Waals surface area contributed by atoms with Gasteiger partial charge in [-0.25, -0.2) is 0 Å². The van der Waals surface area contributed by atoms with E-state index in [4.69, 9.17) is 0 Å². The van der Waals surface area contributed by atoms with Crippen LogP contribution in [-0.4, -0.2) is 33.1 Å². The Morgan fingerprint density at radius 3 is 2.44 bits per heavy atom. The first-order valence-electron chi connectivity index (χ1n) is 6.21. The van der Waals surface area contributed by atoms with Crippen LogP contribution in [0, 0.1) is 0 Å². The highest BCUT2D eigenvalue weighted by Crippen LogP contribution is 2.17. The number of rotatable bonds is 3. The van der Waals surface area contributed by atoms with Crippen LogP contribution < -0.4 is 15.5 Å². The van der Waals surface area contributed by atoms with Crippen LogP contribution in [0.4, 0.5) is 5.69 Å². The molecule has 1 aliphatic heterocycles. The second-order valence-electron chi connectivity index (χ2n) is 4.22. The van der Waals surface area contributed by atoms with Crippen LogP contribution >= 0.6 is 0 Å². The first-order chi connectivity index (χ1) is 8.83. The van der Waals surface area contributed by atoms with E-state index in [1.54, 1.807) is 7.05 Å². The molecule has 18 heavy (non-hydrogen) atoms. The van der Waals surface area contributed by atoms with Gasteiger partial charge in [-0.05, 0) is 17.7 Å². The van der Waals surface area contributed by atoms with Gasteiger partial charge in [0.25, 0.3) is 0 Å². The van der Waals surface area contributed by atoms with Gasteiger partial charge in [0, 0.05) is 39.4 Å². The van der Waals surface area contributed by atoms with E-state index >= 15 is 0 Å². The number of aliphatic imine (C=N–C) groups is 1. The van der Waals surface area contributed by atoms with Crippen LogP contribution in [0.15, 0.2) is 41.4 Å². The molecule has 0 saturated heterocycles. The standard InChI is InChI=1S/C14H20N4/c1-15-14(16-2)17-11-12-5-7-13(8-6-12)18-9-3-4-10-18/h3-8H,9-11H2,1-2H3,(H2,15,16,17). The Labute approximate surface area is 108 Å². The molecule has 0 spiro atoms. The summed E-state index contributed by atoms with van der Waals surface area (Å²) in [6.45, 7) is 2.82. The number of nitrogens with zero attached hydrogens (tertiary/aromatic N) is 2. The van der Waals surface area contributed by atoms with Crippen LogP contribution in [0.25, 0.3) is 0 Å². The molecular formula is C14H20N4. The van der Waals surface area contributed by atoms with Crippen LogP contribution in [0.2, 0.25) is 0 Å². The van der Waals surface area contributed by atoms with Crippen molar-refractivity contribution in [2.75, 3.05) is 32.1 Å². The molecule has 2 rings (SSSR count). The van der Waals surface area contributed by atoms with Crippen LogP contribution in [0.1, 0.15) is 5.56 Å². The molecule has 0 radical (unpaired) electrons. The van der Waals surface area contributed by atoms with Crippen LogP contribution in [-0.2, 0) is 6.54 Å². The number of guanidine groups is 1. The van der Waals surface area contributed by atoms with Crippen molar-refractivity contribution in [3.63, 3.8) is 0 Å². The quantitative estimate of drug-likeness (QED) is 0.479. The third kappa shape index (κ3) is 3.03. The number of benzene rings is 1. The van der Waals surface area contributed by atoms with E-state index in [0.717, 1.165) is 25.6 Å². The maximum Gasteiger partial charge on any atom is 0.190 e. The largest absolute Gasteiger partial charge is 0.364 e. The second-order valence-corrected chi connectivity index (χ2v) is 4.22. The number of anilines is 1. The summed E-state index contributed by atoms with van der Waals surface area (Å²) in [5.74, 6) is 0.808. The lowest BCUT2D eigenvalue weighted by Gasteiger charge is -2.18. The molecule has 0 amide bonds. The summed E-state index contributed by atoms with van der Waals surface area (Å²) in [5.41, 5.74) is 2.53. The van der Waals surface area contributed by atoms with Gasteiger partial charge in [-0.3, -0.25) is 4.99 Å². The van der Waals surface area contributed by atoms with E-state index in [0.29, 0.717) is 0 Å². The van der Waals surface area contributed by atoms with Gasteiger partial charge in [-0.2, -0.15) is 0 Å². The summed E-state index contributed by atoms with van der Waals surface area (Å²) in [5, 5.41) is 6.24. The van der Waals surface area contributed by atoms with Gasteiger partial charge in [0.05, 0.1) is 0 Å². The van der Waals surface area contributed by atoms with E-state index in [9.17, 15) is 0 Å². The third-order valence-corrected chi connectivity index (χ3v) is 3.04. The Kier molecular flexibility index (Phi) is 4.23. The van der Waals surface area contributed by atoms with Crippen molar-refractivity contribution in [3.8, 4) is 0 Å². The smallest absolute Gasteiger partial charge is 0.190 e. The first-order valence-corrected chi connectivity index (χ1v) is 6.21. The molecule has 1 aliphatic rings. The van der Waals surface area contributed by atoms with Gasteiger partial charge in [0.1, 0.15) is 0 Å². The van der Waals surface area contributed by atoms with E-state index in [-0.39, 0.29) is 0 Å². The van der Waals surface area contributed by atoms with Gasteiger partial charge in [-0.15, -0.1) is 0 Å². The molecule has 0 aliphatic carbocycles. The number of hydrogen-bond donors (Lipinski definition) is 2. The molecule has 1 aromatic carbocycles. The molecule has 0 fully saturated rings. The molecule has 96 valence electrons. The predicted molar refractivity (Wildman–Crippen MR) is 77.1 cm³/mol. The van der Waals surface area contributed by atoms with Crippen molar-refractivity contribution in [1.82, 2.24) is 10.6 Å². The van der Waals surface area contributed by atoms with Crippen molar-refractivity contribution in [2.45, 2.75) is 6.54 Å². The van der Waals surface area contributed by atoms with Gasteiger partial charge >= 0.3 is 0 Å². The molecule has 0 atom stereocenters. The number of hydrogen-bond acceptors (Lipinski definition) is 2. The van der Waals surface area contributed by atoms with E-state index in [2.05, 4.69) is 56.9 Å². The molecule has 1 aromatic rings. The summed E-state index contributed by atoms with van der Waals surface area (Å²) in [7, 11) is 3.63. The Morgan fingerprint density at radius 1 is 1.22 bits per heavy atom. The van der Waals surface area contributed by atoms with E-state index in [1.807, 2.05) is 7.05 Å². The zero-order chi connectivity index (χ0) is 12.8. The molecule has 4 nitrogen and oxygen atoms in total. The van der Waals surface area contributed by atoms with E-state index < -0.39 is 0 Å². The van der Waals surface area contributed by atoms with Crippen LogP contribution in [0.3, 0.4) is 0 Å². The topological polar surface area (TPSA) is 39.7 Å². The van der Waals surface area contributed by atoms with Crippen molar-refractivity contribution in [1.29, 1.82) is 0 Å². The molecule has 0 aromatic heterocycles. The highest BCUT2D eigenvalue weighted by Gasteiger charge is 2.06. The van der Waals surface area contributed by atoms with Crippen molar-refractivity contribution in [2.24, 2.45) is 4.99 Å². The molecule has 0 unspecified atom stereocenters. The molecular weight excluding hydrogens is 224 g/mol. The zero-order valence-corrected chi connectivity index (χ0v) is 11.0. The minimum atomic E-state index is 0.784. The maximum atomic E-state index is 4.08. The normalized spacial score (nSPS) is 15.0. The maximum absolute atomic E-state index is 4.08. The summed E-state index contributed by atoms with van der Waals surface area (Å²) in [6.07, 6.45) is 4.40. The lowest BCUT2D eigenvalue weighted by atomic mass is 10.2. The minimum Gasteiger partial charge on any atom is -0.364 e. The van der Waals surface area contributed by atoms with E-state index in [1.165, 1.54) is 11.3 Å². The average molecular weight is 244 g/mol. The molecule has 0 saturated carbocycles. The molecule has 4 heteroatoms. The Hall–Kier alpha value is -1.97. The fraction of sp³-hybridized carbons (Fsp3) is 0.357. The van der Waals surface area contributed by atoms with Gasteiger partial charge < -0.3 is 15.5 Å². The summed E-state index contributed by atoms with van der Waals surface area (Å²) in [6, 6.07) is 8.66. The summed E-state index contributed by atoms with van der Waals surface area (Å²) in [4.78, 5) is 6.42. The highest BCUT2D eigenvalue weighted by atomic mass is 15.1. The molecule has 0 bridgehead atoms. The Bertz CT molecular complexity index is 426. The van der Waals surface area contributed by atoms with Crippen LogP contribution in [0.5, 0.6) is 0 Å². The predicted octanol–water partition coefficient (Wildman–Crippen LogP) is 1.36. The number of nitrogens with one attached hydrogen (secondary N) is 2. The molecule has 1 heterocycles. The van der Waals surface area contributed by atoms with Gasteiger partial charge in [0.2, 0.25) is 0 Å². The lowest BCUT2D eigenvalue weighted by molar-refractivity contribution is 0.865. The van der Waals surface area contributed by atoms with Crippen molar-refractivity contribution in [3.05, 3.63) is 42.0 Å². The average Bonchev–Trinajstić information content (AvgIpc) is 2.94. The highest BCUT2D eigenvalue weighted by molar-refractivity contribution is 5.79. The third-order valence-electron chi connectivity index (χ3n) is 3.04. The fourth-order valence-corrected chi connectivity index (χ4v) is 1.98. The summed E-state index contributed by atoms with van der Waals surface area (Å²) >= 11 is 0. The monoisotopic (exact) mass is 244 g/mol. The van der Waals surface area contributed by atoms with Crippen molar-refractivity contribution >= 4 is 11.6 Å². The van der Waals surface area contributed by atoms with Crippen molar-refractivity contribution < 1.29 is 0 Å². The Balaban J connectivity index is 1.91. The SMILES string of the molecule is CN=C(NC)NCc1ccc(N2CC=CC2)cc1. The molecule has 2 N–H and O–H groups in total. The second kappa shape index (κ2) is 6.10. The van der Waals surface area contributed by atoms with Gasteiger partial charge in [-0.1, -0.05) is 24.3 Å². The zero-order valence-electron chi connectivity index (χ0n) is 11.0.